The van der Waals surface area contributed by atoms with Crippen LogP contribution in [0.2, 0.25) is 18.1 Å². The fourth-order valence-corrected chi connectivity index (χ4v) is 5.75. The Hall–Kier alpha value is -0.913. The van der Waals surface area contributed by atoms with Crippen molar-refractivity contribution in [2.75, 3.05) is 13.7 Å². The number of hydrogen-bond donors (Lipinski definition) is 1. The lowest BCUT2D eigenvalue weighted by Gasteiger charge is -2.56. The molecule has 2 rings (SSSR count). The first-order chi connectivity index (χ1) is 12.5. The molecule has 0 spiro atoms. The summed E-state index contributed by atoms with van der Waals surface area (Å²) in [5.41, 5.74) is -0.346. The summed E-state index contributed by atoms with van der Waals surface area (Å²) in [6.45, 7) is 16.0. The van der Waals surface area contributed by atoms with E-state index in [0.717, 1.165) is 32.3 Å². The van der Waals surface area contributed by atoms with E-state index in [-0.39, 0.29) is 34.2 Å². The Morgan fingerprint density at radius 1 is 1.33 bits per heavy atom. The summed E-state index contributed by atoms with van der Waals surface area (Å²) in [5.74, 6) is -0.239. The molecule has 154 valence electrons. The molecule has 2 fully saturated rings. The van der Waals surface area contributed by atoms with Crippen LogP contribution in [0.1, 0.15) is 46.5 Å². The summed E-state index contributed by atoms with van der Waals surface area (Å²) in [4.78, 5) is 12.2. The normalized spacial score (nSPS) is 33.6. The van der Waals surface area contributed by atoms with E-state index in [0.29, 0.717) is 0 Å². The van der Waals surface area contributed by atoms with E-state index >= 15 is 0 Å². The average molecular weight is 395 g/mol. The first-order valence-electron chi connectivity index (χ1n) is 10.2. The molecule has 2 saturated carbocycles. The number of allylic oxidation sites excluding steroid dienone is 2. The molecule has 1 unspecified atom stereocenters. The lowest BCUT2D eigenvalue weighted by Crippen LogP contribution is -2.59. The lowest BCUT2D eigenvalue weighted by molar-refractivity contribution is -0.170. The molecule has 0 aromatic heterocycles. The number of aliphatic hydroxyl groups is 1. The number of methoxy groups -OCH3 is 1. The monoisotopic (exact) mass is 394 g/mol. The largest absolute Gasteiger partial charge is 0.469 e. The summed E-state index contributed by atoms with van der Waals surface area (Å²) in [7, 11) is -0.251. The maximum Gasteiger partial charge on any atom is 0.309 e. The predicted octanol–water partition coefficient (Wildman–Crippen LogP) is 4.71. The van der Waals surface area contributed by atoms with Crippen molar-refractivity contribution in [2.24, 2.45) is 23.2 Å². The van der Waals surface area contributed by atoms with Gasteiger partial charge < -0.3 is 14.3 Å². The maximum atomic E-state index is 12.2. The highest BCUT2D eigenvalue weighted by atomic mass is 28.4. The molecule has 5 atom stereocenters. The summed E-state index contributed by atoms with van der Waals surface area (Å²) in [5, 5.41) is 10.9. The van der Waals surface area contributed by atoms with Crippen LogP contribution >= 0.6 is 0 Å². The first-order valence-corrected chi connectivity index (χ1v) is 13.1. The Bertz CT molecular complexity index is 577. The van der Waals surface area contributed by atoms with Crippen molar-refractivity contribution in [3.63, 3.8) is 0 Å². The van der Waals surface area contributed by atoms with Crippen LogP contribution < -0.4 is 0 Å². The SMILES string of the molecule is C=C[C@H]1[C@@H](C(=O)OC)[C@@H]2CC[C@@H](O)C12/C=C/CCCO[Si](C)(C)C(C)(C)C. The van der Waals surface area contributed by atoms with Crippen LogP contribution in [0.3, 0.4) is 0 Å². The smallest absolute Gasteiger partial charge is 0.309 e. The number of aliphatic hydroxyl groups excluding tert-OH is 1. The Balaban J connectivity index is 1.95. The highest BCUT2D eigenvalue weighted by Crippen LogP contribution is 2.66. The molecule has 0 aromatic rings. The lowest BCUT2D eigenvalue weighted by atomic mass is 9.47. The molecule has 2 aliphatic rings. The molecule has 0 radical (unpaired) electrons. The first kappa shape index (κ1) is 22.4. The summed E-state index contributed by atoms with van der Waals surface area (Å²) < 4.78 is 11.2. The third kappa shape index (κ3) is 3.96. The summed E-state index contributed by atoms with van der Waals surface area (Å²) in [6.07, 6.45) is 9.24. The van der Waals surface area contributed by atoms with Gasteiger partial charge in [0, 0.05) is 17.9 Å². The van der Waals surface area contributed by atoms with Gasteiger partial charge in [0.1, 0.15) is 0 Å². The van der Waals surface area contributed by atoms with Crippen molar-refractivity contribution < 1.29 is 19.1 Å². The fraction of sp³-hybridized carbons (Fsp3) is 0.773. The molecule has 27 heavy (non-hydrogen) atoms. The minimum atomic E-state index is -1.69. The van der Waals surface area contributed by atoms with E-state index in [1.165, 1.54) is 7.11 Å². The molecule has 1 N–H and O–H groups in total. The number of carbonyl (C=O) groups excluding carboxylic acids is 1. The zero-order valence-electron chi connectivity index (χ0n) is 18.0. The van der Waals surface area contributed by atoms with Gasteiger partial charge in [-0.25, -0.2) is 0 Å². The van der Waals surface area contributed by atoms with Crippen molar-refractivity contribution in [3.05, 3.63) is 24.8 Å². The molecule has 0 saturated heterocycles. The van der Waals surface area contributed by atoms with E-state index in [2.05, 4.69) is 52.6 Å². The molecule has 4 nitrogen and oxygen atoms in total. The average Bonchev–Trinajstić information content (AvgIpc) is 2.83. The van der Waals surface area contributed by atoms with Crippen LogP contribution in [0.5, 0.6) is 0 Å². The molecule has 0 heterocycles. The van der Waals surface area contributed by atoms with Gasteiger partial charge in [0.2, 0.25) is 0 Å². The zero-order chi connectivity index (χ0) is 20.5. The van der Waals surface area contributed by atoms with Gasteiger partial charge >= 0.3 is 5.97 Å². The highest BCUT2D eigenvalue weighted by Gasteiger charge is 2.67. The Morgan fingerprint density at radius 3 is 2.56 bits per heavy atom. The number of rotatable bonds is 8. The summed E-state index contributed by atoms with van der Waals surface area (Å²) in [6, 6.07) is 0. The van der Waals surface area contributed by atoms with Crippen LogP contribution in [0.15, 0.2) is 24.8 Å². The number of carbonyl (C=O) groups is 1. The van der Waals surface area contributed by atoms with E-state index in [9.17, 15) is 9.90 Å². The fourth-order valence-electron chi connectivity index (χ4n) is 4.66. The van der Waals surface area contributed by atoms with E-state index in [1.54, 1.807) is 0 Å². The molecule has 2 aliphatic carbocycles. The van der Waals surface area contributed by atoms with Gasteiger partial charge in [-0.05, 0) is 49.7 Å². The van der Waals surface area contributed by atoms with Crippen molar-refractivity contribution >= 4 is 14.3 Å². The second kappa shape index (κ2) is 8.22. The quantitative estimate of drug-likeness (QED) is 0.280. The maximum absolute atomic E-state index is 12.2. The molecule has 5 heteroatoms. The Morgan fingerprint density at radius 2 is 2.00 bits per heavy atom. The van der Waals surface area contributed by atoms with E-state index < -0.39 is 14.4 Å². The van der Waals surface area contributed by atoms with Crippen LogP contribution in [0, 0.1) is 23.2 Å². The van der Waals surface area contributed by atoms with Gasteiger partial charge in [-0.2, -0.15) is 0 Å². The van der Waals surface area contributed by atoms with Crippen molar-refractivity contribution in [2.45, 2.75) is 70.7 Å². The van der Waals surface area contributed by atoms with Crippen LogP contribution in [-0.2, 0) is 14.0 Å². The predicted molar refractivity (Wildman–Crippen MR) is 112 cm³/mol. The van der Waals surface area contributed by atoms with Gasteiger partial charge in [-0.1, -0.05) is 39.0 Å². The van der Waals surface area contributed by atoms with E-state index in [1.807, 2.05) is 6.08 Å². The third-order valence-electron chi connectivity index (χ3n) is 7.29. The Labute approximate surface area is 166 Å². The number of esters is 1. The topological polar surface area (TPSA) is 55.8 Å². The minimum Gasteiger partial charge on any atom is -0.469 e. The van der Waals surface area contributed by atoms with Crippen LogP contribution in [-0.4, -0.2) is 39.2 Å². The van der Waals surface area contributed by atoms with Gasteiger partial charge in [-0.3, -0.25) is 4.79 Å². The highest BCUT2D eigenvalue weighted by molar-refractivity contribution is 6.74. The Kier molecular flexibility index (Phi) is 6.81. The van der Waals surface area contributed by atoms with Gasteiger partial charge in [0.05, 0.1) is 19.1 Å². The van der Waals surface area contributed by atoms with Crippen LogP contribution in [0.25, 0.3) is 0 Å². The molecule has 0 aromatic carbocycles. The molecule has 0 bridgehead atoms. The van der Waals surface area contributed by atoms with Crippen molar-refractivity contribution in [1.29, 1.82) is 0 Å². The molecule has 0 aliphatic heterocycles. The van der Waals surface area contributed by atoms with Crippen molar-refractivity contribution in [1.82, 2.24) is 0 Å². The zero-order valence-corrected chi connectivity index (χ0v) is 19.0. The van der Waals surface area contributed by atoms with Gasteiger partial charge in [0.15, 0.2) is 8.32 Å². The van der Waals surface area contributed by atoms with Crippen LogP contribution in [0.4, 0.5) is 0 Å². The summed E-state index contributed by atoms with van der Waals surface area (Å²) >= 11 is 0. The number of unbranched alkanes of at least 4 members (excludes halogenated alkanes) is 1. The van der Waals surface area contributed by atoms with Gasteiger partial charge in [-0.15, -0.1) is 6.58 Å². The second-order valence-corrected chi connectivity index (χ2v) is 14.5. The minimum absolute atomic E-state index is 0.0489. The molecule has 0 amide bonds. The number of ether oxygens (including phenoxy) is 1. The number of hydrogen-bond acceptors (Lipinski definition) is 4. The molecular weight excluding hydrogens is 356 g/mol. The van der Waals surface area contributed by atoms with Crippen molar-refractivity contribution in [3.8, 4) is 0 Å². The third-order valence-corrected chi connectivity index (χ3v) is 11.8. The second-order valence-electron chi connectivity index (χ2n) is 9.66. The van der Waals surface area contributed by atoms with Gasteiger partial charge in [0.25, 0.3) is 0 Å². The number of fused-ring (bicyclic) bond motifs is 1. The molecular formula is C22H38O4Si. The standard InChI is InChI=1S/C22H38O4Si/c1-8-16-19(20(24)25-5)17-12-13-18(23)22(16,17)14-10-9-11-15-26-27(6,7)21(2,3)4/h8,10,14,16-19,23H,1,9,11-13,15H2,2-7H3/b14-10+/t16-,17-,18+,19+,22?/m0/s1. The van der Waals surface area contributed by atoms with E-state index in [4.69, 9.17) is 9.16 Å².